The van der Waals surface area contributed by atoms with Gasteiger partial charge in [0.05, 0.1) is 22.4 Å². The van der Waals surface area contributed by atoms with Gasteiger partial charge in [0, 0.05) is 30.4 Å². The zero-order valence-electron chi connectivity index (χ0n) is 19.6. The minimum Gasteiger partial charge on any atom is -0.439 e. The first kappa shape index (κ1) is 22.3. The van der Waals surface area contributed by atoms with Crippen LogP contribution < -0.4 is 26.6 Å². The number of hydrogen-bond donors (Lipinski definition) is 2. The van der Waals surface area contributed by atoms with Gasteiger partial charge in [0.1, 0.15) is 17.2 Å². The van der Waals surface area contributed by atoms with Crippen molar-refractivity contribution in [1.82, 2.24) is 4.98 Å². The number of para-hydroxylation sites is 1. The van der Waals surface area contributed by atoms with Crippen LogP contribution in [0.5, 0.6) is 5.75 Å². The molecule has 2 aromatic heterocycles. The van der Waals surface area contributed by atoms with Crippen LogP contribution in [0, 0.1) is 18.3 Å². The fraction of sp³-hybridized carbons (Fsp3) is 0.222. The lowest BCUT2D eigenvalue weighted by atomic mass is 9.84. The summed E-state index contributed by atoms with van der Waals surface area (Å²) < 4.78 is 11.5. The molecule has 3 heterocycles. The maximum atomic E-state index is 13.3. The van der Waals surface area contributed by atoms with Crippen molar-refractivity contribution in [3.05, 3.63) is 91.4 Å². The maximum absolute atomic E-state index is 13.3. The number of nitrogens with one attached hydrogen (secondary N) is 1. The fourth-order valence-electron chi connectivity index (χ4n) is 4.82. The summed E-state index contributed by atoms with van der Waals surface area (Å²) in [7, 11) is 0. The first-order chi connectivity index (χ1) is 16.9. The third kappa shape index (κ3) is 3.44. The molecule has 35 heavy (non-hydrogen) atoms. The van der Waals surface area contributed by atoms with E-state index in [9.17, 15) is 14.9 Å². The number of H-pyrrole nitrogens is 1. The first-order valence-corrected chi connectivity index (χ1v) is 11.4. The molecule has 2 aromatic carbocycles. The third-order valence-electron chi connectivity index (χ3n) is 6.61. The molecule has 0 bridgehead atoms. The Kier molecular flexibility index (Phi) is 5.33. The predicted octanol–water partition coefficient (Wildman–Crippen LogP) is 4.01. The highest BCUT2D eigenvalue weighted by Crippen LogP contribution is 2.43. The van der Waals surface area contributed by atoms with Crippen LogP contribution in [0.3, 0.4) is 0 Å². The number of pyridine rings is 1. The number of nitrogens with zero attached hydrogens (tertiary/aromatic N) is 2. The summed E-state index contributed by atoms with van der Waals surface area (Å²) in [6.07, 6.45) is 0. The summed E-state index contributed by atoms with van der Waals surface area (Å²) in [5.74, 6) is -0.971. The average molecular weight is 469 g/mol. The molecule has 1 aliphatic heterocycles. The molecular formula is C27H24N4O4. The number of aromatic amines is 1. The molecule has 8 heteroatoms. The SMILES string of the molecule is CCN(CC)c1ccc2c3c(c(=O)oc2c1)C(c1cc2cccc(C)c2[nH]c1=O)C(C#N)=C(N)O3. The molecule has 0 saturated carbocycles. The second kappa shape index (κ2) is 8.37. The average Bonchev–Trinajstić information content (AvgIpc) is 2.84. The molecule has 4 aromatic rings. The summed E-state index contributed by atoms with van der Waals surface area (Å²) in [5, 5.41) is 11.2. The van der Waals surface area contributed by atoms with Gasteiger partial charge in [0.15, 0.2) is 5.75 Å². The molecule has 0 radical (unpaired) electrons. The molecule has 1 aliphatic rings. The number of anilines is 1. The Morgan fingerprint density at radius 2 is 1.91 bits per heavy atom. The number of hydrogen-bond acceptors (Lipinski definition) is 7. The fourth-order valence-corrected chi connectivity index (χ4v) is 4.82. The molecule has 5 rings (SSSR count). The van der Waals surface area contributed by atoms with Crippen LogP contribution in [0.4, 0.5) is 5.69 Å². The van der Waals surface area contributed by atoms with Crippen molar-refractivity contribution >= 4 is 27.6 Å². The van der Waals surface area contributed by atoms with E-state index >= 15 is 0 Å². The number of ether oxygens (including phenoxy) is 1. The summed E-state index contributed by atoms with van der Waals surface area (Å²) in [4.78, 5) is 31.6. The van der Waals surface area contributed by atoms with E-state index in [1.54, 1.807) is 18.2 Å². The van der Waals surface area contributed by atoms with Crippen molar-refractivity contribution in [3.63, 3.8) is 0 Å². The van der Waals surface area contributed by atoms with Gasteiger partial charge < -0.3 is 24.8 Å². The number of nitrogens with two attached hydrogens (primary N) is 1. The number of aryl methyl sites for hydroxylation is 1. The summed E-state index contributed by atoms with van der Waals surface area (Å²) in [6, 6.07) is 14.9. The molecule has 1 atom stereocenters. The van der Waals surface area contributed by atoms with Crippen LogP contribution in [0.25, 0.3) is 21.9 Å². The van der Waals surface area contributed by atoms with Crippen molar-refractivity contribution in [2.45, 2.75) is 26.7 Å². The van der Waals surface area contributed by atoms with Gasteiger partial charge in [-0.25, -0.2) is 4.79 Å². The molecule has 1 unspecified atom stereocenters. The Morgan fingerprint density at radius 1 is 1.14 bits per heavy atom. The smallest absolute Gasteiger partial charge is 0.344 e. The van der Waals surface area contributed by atoms with Crippen LogP contribution in [0.1, 0.15) is 36.5 Å². The lowest BCUT2D eigenvalue weighted by Crippen LogP contribution is -2.29. The Morgan fingerprint density at radius 3 is 2.63 bits per heavy atom. The molecule has 176 valence electrons. The van der Waals surface area contributed by atoms with E-state index in [2.05, 4.69) is 9.88 Å². The van der Waals surface area contributed by atoms with Gasteiger partial charge in [0.2, 0.25) is 5.88 Å². The molecule has 0 fully saturated rings. The zero-order chi connectivity index (χ0) is 24.9. The summed E-state index contributed by atoms with van der Waals surface area (Å²) >= 11 is 0. The first-order valence-electron chi connectivity index (χ1n) is 11.4. The summed E-state index contributed by atoms with van der Waals surface area (Å²) in [5.41, 5.74) is 8.20. The minimum atomic E-state index is -1.03. The van der Waals surface area contributed by atoms with E-state index in [0.717, 1.165) is 29.7 Å². The van der Waals surface area contributed by atoms with E-state index in [1.165, 1.54) is 0 Å². The number of aromatic nitrogens is 1. The van der Waals surface area contributed by atoms with E-state index in [0.29, 0.717) is 16.5 Å². The second-order valence-electron chi connectivity index (χ2n) is 8.50. The number of rotatable bonds is 4. The Bertz CT molecular complexity index is 1690. The van der Waals surface area contributed by atoms with Gasteiger partial charge in [-0.3, -0.25) is 4.79 Å². The lowest BCUT2D eigenvalue weighted by Gasteiger charge is -2.26. The van der Waals surface area contributed by atoms with Crippen molar-refractivity contribution in [2.75, 3.05) is 18.0 Å². The van der Waals surface area contributed by atoms with Crippen LogP contribution >= 0.6 is 0 Å². The highest BCUT2D eigenvalue weighted by Gasteiger charge is 2.37. The Labute approximate surface area is 200 Å². The van der Waals surface area contributed by atoms with Gasteiger partial charge in [-0.2, -0.15) is 5.26 Å². The zero-order valence-corrected chi connectivity index (χ0v) is 19.6. The van der Waals surface area contributed by atoms with Crippen LogP contribution in [-0.2, 0) is 0 Å². The van der Waals surface area contributed by atoms with Crippen molar-refractivity contribution in [1.29, 1.82) is 5.26 Å². The van der Waals surface area contributed by atoms with Crippen molar-refractivity contribution < 1.29 is 9.15 Å². The quantitative estimate of drug-likeness (QED) is 0.434. The molecule has 0 spiro atoms. The van der Waals surface area contributed by atoms with Gasteiger partial charge >= 0.3 is 5.63 Å². The topological polar surface area (TPSA) is 125 Å². The standard InChI is InChI=1S/C27H24N4O4/c1-4-31(5-2)16-9-10-17-20(12-16)34-27(33)22-21(19(13-28)25(29)35-24(17)22)18-11-15-8-6-7-14(3)23(15)30-26(18)32/h6-12,21H,4-5,29H2,1-3H3,(H,30,32). The number of nitriles is 1. The lowest BCUT2D eigenvalue weighted by molar-refractivity contribution is 0.388. The predicted molar refractivity (Wildman–Crippen MR) is 135 cm³/mol. The van der Waals surface area contributed by atoms with Crippen LogP contribution in [0.15, 0.2) is 67.9 Å². The van der Waals surface area contributed by atoms with E-state index in [1.807, 2.05) is 51.1 Å². The number of allylic oxidation sites excluding steroid dienone is 1. The van der Waals surface area contributed by atoms with Gasteiger partial charge in [0.25, 0.3) is 5.56 Å². The number of benzene rings is 2. The third-order valence-corrected chi connectivity index (χ3v) is 6.61. The Balaban J connectivity index is 1.80. The number of fused-ring (bicyclic) bond motifs is 4. The van der Waals surface area contributed by atoms with Gasteiger partial charge in [-0.05, 0) is 49.9 Å². The second-order valence-corrected chi connectivity index (χ2v) is 8.50. The van der Waals surface area contributed by atoms with Crippen LogP contribution in [-0.4, -0.2) is 18.1 Å². The molecular weight excluding hydrogens is 444 g/mol. The normalized spacial score (nSPS) is 15.1. The van der Waals surface area contributed by atoms with Gasteiger partial charge in [-0.15, -0.1) is 0 Å². The van der Waals surface area contributed by atoms with E-state index in [4.69, 9.17) is 14.9 Å². The van der Waals surface area contributed by atoms with Crippen molar-refractivity contribution in [2.24, 2.45) is 5.73 Å². The summed E-state index contributed by atoms with van der Waals surface area (Å²) in [6.45, 7) is 7.57. The molecule has 0 saturated heterocycles. The van der Waals surface area contributed by atoms with Crippen molar-refractivity contribution in [3.8, 4) is 11.8 Å². The largest absolute Gasteiger partial charge is 0.439 e. The van der Waals surface area contributed by atoms with E-state index < -0.39 is 17.1 Å². The molecule has 8 nitrogen and oxygen atoms in total. The highest BCUT2D eigenvalue weighted by molar-refractivity contribution is 5.89. The Hall–Kier alpha value is -4.51. The monoisotopic (exact) mass is 468 g/mol. The van der Waals surface area contributed by atoms with Gasteiger partial charge in [-0.1, -0.05) is 18.2 Å². The molecule has 0 aliphatic carbocycles. The molecule has 3 N–H and O–H groups in total. The van der Waals surface area contributed by atoms with Crippen LogP contribution in [0.2, 0.25) is 0 Å². The maximum Gasteiger partial charge on any atom is 0.344 e. The minimum absolute atomic E-state index is 0.0126. The van der Waals surface area contributed by atoms with E-state index in [-0.39, 0.29) is 28.3 Å². The highest BCUT2D eigenvalue weighted by atomic mass is 16.5. The molecule has 0 amide bonds.